The van der Waals surface area contributed by atoms with E-state index in [-0.39, 0.29) is 17.9 Å². The van der Waals surface area contributed by atoms with Crippen LogP contribution in [0, 0.1) is 6.92 Å². The molecule has 1 aromatic heterocycles. The fourth-order valence-corrected chi connectivity index (χ4v) is 5.59. The first-order valence-electron chi connectivity index (χ1n) is 14.0. The topological polar surface area (TPSA) is 70.9 Å². The Hall–Kier alpha value is -3.52. The van der Waals surface area contributed by atoms with E-state index in [0.29, 0.717) is 36.8 Å². The Morgan fingerprint density at radius 3 is 2.05 bits per heavy atom. The van der Waals surface area contributed by atoms with Crippen molar-refractivity contribution in [2.24, 2.45) is 0 Å². The number of benzene rings is 2. The van der Waals surface area contributed by atoms with E-state index in [1.165, 1.54) is 0 Å². The van der Waals surface area contributed by atoms with Crippen LogP contribution in [-0.4, -0.2) is 76.5 Å². The predicted octanol–water partition coefficient (Wildman–Crippen LogP) is 5.91. The summed E-state index contributed by atoms with van der Waals surface area (Å²) in [5.41, 5.74) is 4.25. The summed E-state index contributed by atoms with van der Waals surface area (Å²) in [5, 5.41) is 5.44. The molecule has 2 amide bonds. The minimum Gasteiger partial charge on any atom is -0.444 e. The van der Waals surface area contributed by atoms with Crippen LogP contribution in [0.1, 0.15) is 61.1 Å². The standard InChI is InChI=1S/C31H38ClN5O3/c1-22-5-9-26(10-6-22)37-28(23-13-15-36(16-14-23)30(39)40-31(2,3)4)27(21-33-37)29(38)35-19-17-34(18-20-35)25-11-7-24(32)8-12-25/h5-12,21,23H,13-20H2,1-4H3. The number of hydrogen-bond donors (Lipinski definition) is 0. The number of hydrogen-bond acceptors (Lipinski definition) is 5. The first kappa shape index (κ1) is 28.0. The average Bonchev–Trinajstić information content (AvgIpc) is 3.38. The smallest absolute Gasteiger partial charge is 0.410 e. The minimum absolute atomic E-state index is 0.0127. The SMILES string of the molecule is Cc1ccc(-n2ncc(C(=O)N3CCN(c4ccc(Cl)cc4)CC3)c2C2CCN(C(=O)OC(C)(C)C)CC2)cc1. The molecule has 9 heteroatoms. The van der Waals surface area contributed by atoms with Gasteiger partial charge in [-0.2, -0.15) is 5.10 Å². The average molecular weight is 564 g/mol. The summed E-state index contributed by atoms with van der Waals surface area (Å²) in [6, 6.07) is 16.0. The van der Waals surface area contributed by atoms with Gasteiger partial charge in [0.2, 0.25) is 0 Å². The number of ether oxygens (including phenoxy) is 1. The van der Waals surface area contributed by atoms with E-state index in [2.05, 4.69) is 24.0 Å². The molecule has 3 aromatic rings. The van der Waals surface area contributed by atoms with Crippen molar-refractivity contribution in [2.45, 2.75) is 52.1 Å². The highest BCUT2D eigenvalue weighted by Crippen LogP contribution is 2.33. The lowest BCUT2D eigenvalue weighted by molar-refractivity contribution is 0.0203. The van der Waals surface area contributed by atoms with Crippen LogP contribution >= 0.6 is 11.6 Å². The van der Waals surface area contributed by atoms with Gasteiger partial charge >= 0.3 is 6.09 Å². The van der Waals surface area contributed by atoms with Gasteiger partial charge in [-0.05, 0) is 76.9 Å². The highest BCUT2D eigenvalue weighted by molar-refractivity contribution is 6.30. The molecule has 3 heterocycles. The molecule has 0 spiro atoms. The summed E-state index contributed by atoms with van der Waals surface area (Å²) in [7, 11) is 0. The Kier molecular flexibility index (Phi) is 8.08. The molecule has 0 N–H and O–H groups in total. The molecule has 0 radical (unpaired) electrons. The van der Waals surface area contributed by atoms with E-state index >= 15 is 0 Å². The Balaban J connectivity index is 1.35. The Morgan fingerprint density at radius 2 is 1.45 bits per heavy atom. The van der Waals surface area contributed by atoms with Crippen LogP contribution in [0.15, 0.2) is 54.7 Å². The fourth-order valence-electron chi connectivity index (χ4n) is 5.46. The number of amides is 2. The number of nitrogens with zero attached hydrogens (tertiary/aromatic N) is 5. The van der Waals surface area contributed by atoms with Gasteiger partial charge in [-0.3, -0.25) is 4.79 Å². The van der Waals surface area contributed by atoms with Crippen molar-refractivity contribution in [1.29, 1.82) is 0 Å². The number of aromatic nitrogens is 2. The zero-order valence-corrected chi connectivity index (χ0v) is 24.5. The number of likely N-dealkylation sites (tertiary alicyclic amines) is 1. The molecule has 212 valence electrons. The number of aryl methyl sites for hydroxylation is 1. The maximum absolute atomic E-state index is 13.9. The van der Waals surface area contributed by atoms with Crippen molar-refractivity contribution >= 4 is 29.3 Å². The second-order valence-corrected chi connectivity index (χ2v) is 12.1. The molecule has 40 heavy (non-hydrogen) atoms. The molecule has 2 aromatic carbocycles. The van der Waals surface area contributed by atoms with E-state index < -0.39 is 5.60 Å². The van der Waals surface area contributed by atoms with Gasteiger partial charge in [0.1, 0.15) is 5.60 Å². The van der Waals surface area contributed by atoms with Crippen LogP contribution in [0.25, 0.3) is 5.69 Å². The summed E-state index contributed by atoms with van der Waals surface area (Å²) in [6.07, 6.45) is 2.92. The fraction of sp³-hybridized carbons (Fsp3) is 0.452. The van der Waals surface area contributed by atoms with Crippen LogP contribution in [0.4, 0.5) is 10.5 Å². The second-order valence-electron chi connectivity index (χ2n) is 11.7. The largest absolute Gasteiger partial charge is 0.444 e. The van der Waals surface area contributed by atoms with Gasteiger partial charge in [0.25, 0.3) is 5.91 Å². The summed E-state index contributed by atoms with van der Waals surface area (Å²) < 4.78 is 7.51. The third-order valence-electron chi connectivity index (χ3n) is 7.61. The maximum atomic E-state index is 13.9. The Bertz CT molecular complexity index is 1330. The molecule has 2 aliphatic heterocycles. The van der Waals surface area contributed by atoms with E-state index in [0.717, 1.165) is 48.6 Å². The molecule has 5 rings (SSSR count). The summed E-state index contributed by atoms with van der Waals surface area (Å²) in [6.45, 7) is 11.6. The zero-order valence-electron chi connectivity index (χ0n) is 23.8. The number of carbonyl (C=O) groups excluding carboxylic acids is 2. The number of piperidine rings is 1. The molecule has 2 saturated heterocycles. The summed E-state index contributed by atoms with van der Waals surface area (Å²) in [4.78, 5) is 32.6. The van der Waals surface area contributed by atoms with Gasteiger partial charge in [0, 0.05) is 55.9 Å². The van der Waals surface area contributed by atoms with Crippen LogP contribution in [0.2, 0.25) is 5.02 Å². The minimum atomic E-state index is -0.533. The Morgan fingerprint density at radius 1 is 0.850 bits per heavy atom. The third kappa shape index (κ3) is 6.28. The third-order valence-corrected chi connectivity index (χ3v) is 7.86. The van der Waals surface area contributed by atoms with Crippen LogP contribution < -0.4 is 4.90 Å². The van der Waals surface area contributed by atoms with Crippen molar-refractivity contribution < 1.29 is 14.3 Å². The quantitative estimate of drug-likeness (QED) is 0.394. The van der Waals surface area contributed by atoms with E-state index in [9.17, 15) is 9.59 Å². The molecule has 2 fully saturated rings. The van der Waals surface area contributed by atoms with Crippen molar-refractivity contribution in [3.05, 3.63) is 76.6 Å². The number of carbonyl (C=O) groups is 2. The summed E-state index contributed by atoms with van der Waals surface area (Å²) in [5.74, 6) is 0.107. The first-order valence-corrected chi connectivity index (χ1v) is 14.4. The van der Waals surface area contributed by atoms with E-state index in [1.54, 1.807) is 11.1 Å². The molecule has 0 aliphatic carbocycles. The van der Waals surface area contributed by atoms with Crippen LogP contribution in [0.5, 0.6) is 0 Å². The normalized spacial score (nSPS) is 16.8. The van der Waals surface area contributed by atoms with Crippen molar-refractivity contribution in [2.75, 3.05) is 44.2 Å². The summed E-state index contributed by atoms with van der Waals surface area (Å²) >= 11 is 6.06. The van der Waals surface area contributed by atoms with Gasteiger partial charge in [-0.25, -0.2) is 9.48 Å². The van der Waals surface area contributed by atoms with Crippen LogP contribution in [0.3, 0.4) is 0 Å². The molecule has 2 aliphatic rings. The monoisotopic (exact) mass is 563 g/mol. The highest BCUT2D eigenvalue weighted by atomic mass is 35.5. The molecule has 8 nitrogen and oxygen atoms in total. The lowest BCUT2D eigenvalue weighted by atomic mass is 9.90. The molecule has 0 saturated carbocycles. The molecule has 0 unspecified atom stereocenters. The lowest BCUT2D eigenvalue weighted by Gasteiger charge is -2.37. The van der Waals surface area contributed by atoms with Gasteiger partial charge in [-0.15, -0.1) is 0 Å². The van der Waals surface area contributed by atoms with Gasteiger partial charge in [0.05, 0.1) is 23.1 Å². The van der Waals surface area contributed by atoms with Crippen LogP contribution in [-0.2, 0) is 4.74 Å². The lowest BCUT2D eigenvalue weighted by Crippen LogP contribution is -2.49. The Labute approximate surface area is 241 Å². The van der Waals surface area contributed by atoms with Crippen molar-refractivity contribution in [3.8, 4) is 5.69 Å². The molecular formula is C31H38ClN5O3. The number of rotatable bonds is 4. The maximum Gasteiger partial charge on any atom is 0.410 e. The van der Waals surface area contributed by atoms with E-state index in [1.807, 2.05) is 66.8 Å². The molecular weight excluding hydrogens is 526 g/mol. The first-order chi connectivity index (χ1) is 19.1. The van der Waals surface area contributed by atoms with Gasteiger partial charge in [-0.1, -0.05) is 29.3 Å². The highest BCUT2D eigenvalue weighted by Gasteiger charge is 2.34. The molecule has 0 atom stereocenters. The predicted molar refractivity (Wildman–Crippen MR) is 158 cm³/mol. The van der Waals surface area contributed by atoms with Gasteiger partial charge in [0.15, 0.2) is 0 Å². The zero-order chi connectivity index (χ0) is 28.4. The van der Waals surface area contributed by atoms with Crippen molar-refractivity contribution in [3.63, 3.8) is 0 Å². The van der Waals surface area contributed by atoms with E-state index in [4.69, 9.17) is 21.4 Å². The molecule has 0 bridgehead atoms. The number of anilines is 1. The number of halogens is 1. The number of piperazine rings is 1. The van der Waals surface area contributed by atoms with Gasteiger partial charge < -0.3 is 19.4 Å². The van der Waals surface area contributed by atoms with Crippen molar-refractivity contribution in [1.82, 2.24) is 19.6 Å². The second kappa shape index (κ2) is 11.5.